The smallest absolute Gasteiger partial charge is 0.167 e. The number of hydrogen-bond donors (Lipinski definition) is 4. The number of nitrogens with zero attached hydrogens (tertiary/aromatic N) is 4. The predicted molar refractivity (Wildman–Crippen MR) is 111 cm³/mol. The molecule has 0 saturated carbocycles. The maximum Gasteiger partial charge on any atom is 0.167 e. The normalized spacial score (nSPS) is 24.4. The van der Waals surface area contributed by atoms with Gasteiger partial charge in [-0.15, -0.1) is 0 Å². The van der Waals surface area contributed by atoms with Crippen LogP contribution >= 0.6 is 0 Å². The molecule has 1 saturated heterocycles. The molecule has 1 aliphatic heterocycles. The molecule has 160 valence electrons. The fourth-order valence-electron chi connectivity index (χ4n) is 3.72. The molecule has 1 fully saturated rings. The summed E-state index contributed by atoms with van der Waals surface area (Å²) >= 11 is 0. The van der Waals surface area contributed by atoms with Crippen molar-refractivity contribution < 1.29 is 20.1 Å². The van der Waals surface area contributed by atoms with Crippen LogP contribution in [0.15, 0.2) is 43.0 Å². The zero-order valence-electron chi connectivity index (χ0n) is 17.0. The molecule has 0 amide bonds. The average Bonchev–Trinajstić information content (AvgIpc) is 3.29. The van der Waals surface area contributed by atoms with Gasteiger partial charge in [-0.3, -0.25) is 4.57 Å². The minimum absolute atomic E-state index is 0.248. The van der Waals surface area contributed by atoms with Gasteiger partial charge in [-0.2, -0.15) is 0 Å². The third-order valence-electron chi connectivity index (χ3n) is 5.49. The summed E-state index contributed by atoms with van der Waals surface area (Å²) in [6.07, 6.45) is 0.598. The molecule has 0 bridgehead atoms. The number of fused-ring (bicyclic) bond motifs is 1. The predicted octanol–water partition coefficient (Wildman–Crippen LogP) is 1.26. The lowest BCUT2D eigenvalue weighted by Gasteiger charge is -2.27. The van der Waals surface area contributed by atoms with Crippen LogP contribution in [0.4, 0.5) is 5.82 Å². The average molecular weight is 413 g/mol. The summed E-state index contributed by atoms with van der Waals surface area (Å²) < 4.78 is 7.17. The number of benzene rings is 1. The van der Waals surface area contributed by atoms with E-state index in [-0.39, 0.29) is 5.54 Å². The zero-order valence-corrected chi connectivity index (χ0v) is 17.0. The molecule has 9 heteroatoms. The topological polar surface area (TPSA) is 126 Å². The van der Waals surface area contributed by atoms with Crippen LogP contribution in [0, 0.1) is 0 Å². The van der Waals surface area contributed by atoms with Gasteiger partial charge in [0.1, 0.15) is 24.6 Å². The first-order chi connectivity index (χ1) is 14.4. The Morgan fingerprint density at radius 1 is 1.10 bits per heavy atom. The maximum atomic E-state index is 10.3. The van der Waals surface area contributed by atoms with E-state index in [0.717, 1.165) is 12.8 Å². The largest absolute Gasteiger partial charge is 0.394 e. The monoisotopic (exact) mass is 413 g/mol. The number of aliphatic hydroxyl groups is 3. The van der Waals surface area contributed by atoms with Gasteiger partial charge in [-0.25, -0.2) is 15.0 Å². The highest BCUT2D eigenvalue weighted by atomic mass is 16.6. The van der Waals surface area contributed by atoms with Crippen molar-refractivity contribution in [3.8, 4) is 0 Å². The molecule has 0 radical (unpaired) electrons. The SMILES string of the molecule is CC(C)(CCc1ccccc1)Nc1ncnc2c1ncn2C1O[C@H](CO)[C@@H](O)[C@H]1O. The molecule has 1 aliphatic rings. The van der Waals surface area contributed by atoms with Crippen LogP contribution in [0.5, 0.6) is 0 Å². The highest BCUT2D eigenvalue weighted by Crippen LogP contribution is 2.32. The molecule has 4 rings (SSSR count). The van der Waals surface area contributed by atoms with Crippen molar-refractivity contribution in [3.63, 3.8) is 0 Å². The fraction of sp³-hybridized carbons (Fsp3) is 0.476. The van der Waals surface area contributed by atoms with Crippen molar-refractivity contribution in [3.05, 3.63) is 48.5 Å². The van der Waals surface area contributed by atoms with E-state index in [9.17, 15) is 15.3 Å². The minimum Gasteiger partial charge on any atom is -0.394 e. The van der Waals surface area contributed by atoms with E-state index in [0.29, 0.717) is 17.0 Å². The summed E-state index contributed by atoms with van der Waals surface area (Å²) in [5, 5.41) is 33.2. The van der Waals surface area contributed by atoms with Gasteiger partial charge in [0.15, 0.2) is 23.2 Å². The van der Waals surface area contributed by atoms with Crippen LogP contribution in [-0.4, -0.2) is 65.3 Å². The number of aromatic nitrogens is 4. The lowest BCUT2D eigenvalue weighted by Crippen LogP contribution is -2.33. The Kier molecular flexibility index (Phi) is 5.70. The Balaban J connectivity index is 1.55. The number of rotatable bonds is 7. The van der Waals surface area contributed by atoms with Gasteiger partial charge in [0.05, 0.1) is 12.9 Å². The van der Waals surface area contributed by atoms with Crippen LogP contribution in [-0.2, 0) is 11.2 Å². The molecule has 3 heterocycles. The van der Waals surface area contributed by atoms with Crippen molar-refractivity contribution in [2.24, 2.45) is 0 Å². The van der Waals surface area contributed by atoms with Crippen molar-refractivity contribution in [2.45, 2.75) is 56.8 Å². The first kappa shape index (κ1) is 20.7. The number of hydrogen-bond acceptors (Lipinski definition) is 8. The quantitative estimate of drug-likeness (QED) is 0.456. The van der Waals surface area contributed by atoms with E-state index in [1.807, 2.05) is 18.2 Å². The van der Waals surface area contributed by atoms with Crippen LogP contribution in [0.2, 0.25) is 0 Å². The lowest BCUT2D eigenvalue weighted by atomic mass is 9.95. The second kappa shape index (κ2) is 8.27. The molecule has 4 atom stereocenters. The van der Waals surface area contributed by atoms with Crippen molar-refractivity contribution >= 4 is 17.0 Å². The van der Waals surface area contributed by atoms with Gasteiger partial charge in [-0.1, -0.05) is 30.3 Å². The molecule has 2 aromatic heterocycles. The number of anilines is 1. The Bertz CT molecular complexity index is 993. The number of aliphatic hydroxyl groups excluding tert-OH is 3. The van der Waals surface area contributed by atoms with Gasteiger partial charge in [-0.05, 0) is 32.3 Å². The summed E-state index contributed by atoms with van der Waals surface area (Å²) in [4.78, 5) is 13.1. The van der Waals surface area contributed by atoms with Gasteiger partial charge in [0.25, 0.3) is 0 Å². The number of imidazole rings is 1. The summed E-state index contributed by atoms with van der Waals surface area (Å²) in [6, 6.07) is 10.3. The summed E-state index contributed by atoms with van der Waals surface area (Å²) in [6.45, 7) is 3.82. The minimum atomic E-state index is -1.20. The Morgan fingerprint density at radius 3 is 2.57 bits per heavy atom. The van der Waals surface area contributed by atoms with Crippen LogP contribution < -0.4 is 5.32 Å². The van der Waals surface area contributed by atoms with E-state index in [4.69, 9.17) is 4.74 Å². The van der Waals surface area contributed by atoms with Gasteiger partial charge in [0, 0.05) is 5.54 Å². The molecule has 1 aromatic carbocycles. The Hall–Kier alpha value is -2.59. The molecule has 3 aromatic rings. The van der Waals surface area contributed by atoms with E-state index >= 15 is 0 Å². The van der Waals surface area contributed by atoms with Gasteiger partial charge >= 0.3 is 0 Å². The molecule has 0 aliphatic carbocycles. The van der Waals surface area contributed by atoms with E-state index < -0.39 is 31.1 Å². The third kappa shape index (κ3) is 4.01. The number of aryl methyl sites for hydroxylation is 1. The molecular weight excluding hydrogens is 386 g/mol. The number of nitrogens with one attached hydrogen (secondary N) is 1. The summed E-state index contributed by atoms with van der Waals surface area (Å²) in [7, 11) is 0. The highest BCUT2D eigenvalue weighted by Gasteiger charge is 2.44. The third-order valence-corrected chi connectivity index (χ3v) is 5.49. The van der Waals surface area contributed by atoms with E-state index in [1.54, 1.807) is 4.57 Å². The molecule has 9 nitrogen and oxygen atoms in total. The molecule has 0 spiro atoms. The molecule has 30 heavy (non-hydrogen) atoms. The standard InChI is InChI=1S/C21H27N5O4/c1-21(2,9-8-13-6-4-3-5-7-13)25-18-15-19(23-11-22-18)26(12-24-15)20-17(29)16(28)14(10-27)30-20/h3-7,11-12,14,16-17,20,27-29H,8-10H2,1-2H3,(H,22,23,25)/t14-,16-,17-,20?/m1/s1. The van der Waals surface area contributed by atoms with Gasteiger partial charge in [0.2, 0.25) is 0 Å². The summed E-state index contributed by atoms with van der Waals surface area (Å²) in [5.41, 5.74) is 2.04. The molecular formula is C21H27N5O4. The summed E-state index contributed by atoms with van der Waals surface area (Å²) in [5.74, 6) is 0.587. The Morgan fingerprint density at radius 2 is 1.87 bits per heavy atom. The Labute approximate surface area is 174 Å². The number of ether oxygens (including phenoxy) is 1. The zero-order chi connectivity index (χ0) is 21.3. The van der Waals surface area contributed by atoms with Crippen molar-refractivity contribution in [1.29, 1.82) is 0 Å². The first-order valence-corrected chi connectivity index (χ1v) is 10.0. The fourth-order valence-corrected chi connectivity index (χ4v) is 3.72. The van der Waals surface area contributed by atoms with Crippen LogP contribution in [0.25, 0.3) is 11.2 Å². The molecule has 4 N–H and O–H groups in total. The van der Waals surface area contributed by atoms with Gasteiger partial charge < -0.3 is 25.4 Å². The van der Waals surface area contributed by atoms with Crippen LogP contribution in [0.3, 0.4) is 0 Å². The first-order valence-electron chi connectivity index (χ1n) is 10.0. The van der Waals surface area contributed by atoms with Crippen molar-refractivity contribution in [1.82, 2.24) is 19.5 Å². The van der Waals surface area contributed by atoms with Crippen LogP contribution in [0.1, 0.15) is 32.1 Å². The highest BCUT2D eigenvalue weighted by molar-refractivity contribution is 5.83. The second-order valence-corrected chi connectivity index (χ2v) is 8.27. The molecule has 1 unspecified atom stereocenters. The lowest BCUT2D eigenvalue weighted by molar-refractivity contribution is -0.0511. The van der Waals surface area contributed by atoms with E-state index in [1.165, 1.54) is 18.2 Å². The maximum absolute atomic E-state index is 10.3. The second-order valence-electron chi connectivity index (χ2n) is 8.27. The van der Waals surface area contributed by atoms with Crippen molar-refractivity contribution in [2.75, 3.05) is 11.9 Å². The van der Waals surface area contributed by atoms with E-state index in [2.05, 4.69) is 46.2 Å².